The highest BCUT2D eigenvalue weighted by Crippen LogP contribution is 2.21. The molecular weight excluding hydrogens is 233 g/mol. The van der Waals surface area contributed by atoms with Crippen molar-refractivity contribution >= 4 is 0 Å². The van der Waals surface area contributed by atoms with E-state index in [1.165, 1.54) is 12.4 Å². The molecule has 0 amide bonds. The second-order valence-corrected chi connectivity index (χ2v) is 4.70. The maximum atomic E-state index is 11.9. The molecule has 1 heterocycles. The van der Waals surface area contributed by atoms with Gasteiger partial charge in [-0.25, -0.2) is 4.98 Å². The van der Waals surface area contributed by atoms with Gasteiger partial charge in [0.2, 0.25) is 5.88 Å². The average Bonchev–Trinajstić information content (AvgIpc) is 2.15. The van der Waals surface area contributed by atoms with Crippen molar-refractivity contribution in [2.45, 2.75) is 38.8 Å². The van der Waals surface area contributed by atoms with Crippen LogP contribution in [-0.2, 0) is 5.41 Å². The van der Waals surface area contributed by atoms with Crippen LogP contribution in [0.3, 0.4) is 0 Å². The molecule has 3 nitrogen and oxygen atoms in total. The Hall–Kier alpha value is -1.33. The molecule has 0 unspecified atom stereocenters. The van der Waals surface area contributed by atoms with Crippen molar-refractivity contribution in [2.24, 2.45) is 0 Å². The Bertz CT molecular complexity index is 354. The van der Waals surface area contributed by atoms with Crippen LogP contribution in [0.25, 0.3) is 0 Å². The second-order valence-electron chi connectivity index (χ2n) is 4.70. The van der Waals surface area contributed by atoms with Crippen molar-refractivity contribution in [2.75, 3.05) is 6.61 Å². The molecule has 0 N–H and O–H groups in total. The van der Waals surface area contributed by atoms with E-state index in [-0.39, 0.29) is 11.3 Å². The van der Waals surface area contributed by atoms with E-state index in [9.17, 15) is 13.2 Å². The third kappa shape index (κ3) is 5.01. The van der Waals surface area contributed by atoms with E-state index in [4.69, 9.17) is 4.74 Å². The molecule has 1 aromatic rings. The summed E-state index contributed by atoms with van der Waals surface area (Å²) in [5, 5.41) is 0. The molecule has 0 radical (unpaired) electrons. The summed E-state index contributed by atoms with van der Waals surface area (Å²) in [6.07, 6.45) is -2.34. The molecule has 0 saturated heterocycles. The van der Waals surface area contributed by atoms with Crippen LogP contribution in [0.2, 0.25) is 0 Å². The first-order valence-corrected chi connectivity index (χ1v) is 5.20. The van der Waals surface area contributed by atoms with Gasteiger partial charge in [-0.2, -0.15) is 13.2 Å². The minimum absolute atomic E-state index is 0.113. The molecule has 0 spiro atoms. The van der Waals surface area contributed by atoms with E-state index in [1.54, 1.807) is 0 Å². The van der Waals surface area contributed by atoms with E-state index in [0.29, 0.717) is 0 Å². The van der Waals surface area contributed by atoms with Crippen molar-refractivity contribution in [3.05, 3.63) is 18.1 Å². The summed E-state index contributed by atoms with van der Waals surface area (Å²) < 4.78 is 40.4. The molecule has 96 valence electrons. The molecule has 0 saturated carbocycles. The fraction of sp³-hybridized carbons (Fsp3) is 0.636. The lowest BCUT2D eigenvalue weighted by Crippen LogP contribution is -2.15. The first-order valence-electron chi connectivity index (χ1n) is 5.20. The zero-order valence-electron chi connectivity index (χ0n) is 10.0. The van der Waals surface area contributed by atoms with Crippen LogP contribution in [0.4, 0.5) is 13.2 Å². The smallest absolute Gasteiger partial charge is 0.392 e. The van der Waals surface area contributed by atoms with Crippen LogP contribution in [0, 0.1) is 0 Å². The van der Waals surface area contributed by atoms with E-state index < -0.39 is 19.2 Å². The lowest BCUT2D eigenvalue weighted by atomic mass is 9.93. The molecule has 1 rings (SSSR count). The van der Waals surface area contributed by atoms with Crippen molar-refractivity contribution in [3.63, 3.8) is 0 Å². The van der Waals surface area contributed by atoms with Gasteiger partial charge in [0, 0.05) is 5.41 Å². The molecule has 0 aliphatic heterocycles. The van der Waals surface area contributed by atoms with Gasteiger partial charge in [-0.15, -0.1) is 0 Å². The number of rotatable bonds is 3. The highest BCUT2D eigenvalue weighted by Gasteiger charge is 2.27. The minimum atomic E-state index is -4.21. The lowest BCUT2D eigenvalue weighted by molar-refractivity contribution is -0.139. The third-order valence-corrected chi connectivity index (χ3v) is 2.03. The van der Waals surface area contributed by atoms with E-state index in [0.717, 1.165) is 5.69 Å². The number of halogens is 3. The summed E-state index contributed by atoms with van der Waals surface area (Å²) in [6.45, 7) is 5.48. The SMILES string of the molecule is CC(C)(C)c1cnc(OCCC(F)(F)F)cn1. The number of hydrogen-bond donors (Lipinski definition) is 0. The topological polar surface area (TPSA) is 35.0 Å². The summed E-state index contributed by atoms with van der Waals surface area (Å²) >= 11 is 0. The Morgan fingerprint density at radius 1 is 1.12 bits per heavy atom. The summed E-state index contributed by atoms with van der Waals surface area (Å²) in [5.41, 5.74) is 0.623. The molecule has 17 heavy (non-hydrogen) atoms. The van der Waals surface area contributed by atoms with Gasteiger partial charge < -0.3 is 4.74 Å². The Labute approximate surface area is 98.0 Å². The Morgan fingerprint density at radius 2 is 1.76 bits per heavy atom. The van der Waals surface area contributed by atoms with E-state index >= 15 is 0 Å². The first-order chi connectivity index (χ1) is 7.68. The Morgan fingerprint density at radius 3 is 2.18 bits per heavy atom. The van der Waals surface area contributed by atoms with Gasteiger partial charge >= 0.3 is 6.18 Å². The van der Waals surface area contributed by atoms with Gasteiger partial charge in [0.25, 0.3) is 0 Å². The molecule has 0 atom stereocenters. The highest BCUT2D eigenvalue weighted by atomic mass is 19.4. The molecule has 0 aliphatic carbocycles. The minimum Gasteiger partial charge on any atom is -0.476 e. The summed E-state index contributed by atoms with van der Waals surface area (Å²) in [6, 6.07) is 0. The number of alkyl halides is 3. The van der Waals surface area contributed by atoms with Crippen molar-refractivity contribution in [1.82, 2.24) is 9.97 Å². The standard InChI is InChI=1S/C11H15F3N2O/c1-10(2,3)8-6-16-9(7-15-8)17-5-4-11(12,13)14/h6-7H,4-5H2,1-3H3. The molecule has 0 bridgehead atoms. The van der Waals surface area contributed by atoms with Gasteiger partial charge in [0.15, 0.2) is 0 Å². The first kappa shape index (κ1) is 13.7. The number of hydrogen-bond acceptors (Lipinski definition) is 3. The van der Waals surface area contributed by atoms with Crippen LogP contribution in [0.5, 0.6) is 5.88 Å². The van der Waals surface area contributed by atoms with Gasteiger partial charge in [-0.1, -0.05) is 20.8 Å². The van der Waals surface area contributed by atoms with Gasteiger partial charge in [0.1, 0.15) is 0 Å². The molecule has 1 aromatic heterocycles. The molecule has 6 heteroatoms. The van der Waals surface area contributed by atoms with Gasteiger partial charge in [-0.05, 0) is 0 Å². The van der Waals surface area contributed by atoms with Gasteiger partial charge in [-0.3, -0.25) is 4.98 Å². The predicted molar refractivity (Wildman–Crippen MR) is 56.9 cm³/mol. The van der Waals surface area contributed by atoms with E-state index in [1.807, 2.05) is 20.8 Å². The predicted octanol–water partition coefficient (Wildman–Crippen LogP) is 3.11. The number of aromatic nitrogens is 2. The lowest BCUT2D eigenvalue weighted by Gasteiger charge is -2.17. The van der Waals surface area contributed by atoms with Crippen LogP contribution >= 0.6 is 0 Å². The van der Waals surface area contributed by atoms with Crippen LogP contribution < -0.4 is 4.74 Å². The Balaban J connectivity index is 2.52. The summed E-state index contributed by atoms with van der Waals surface area (Å²) in [4.78, 5) is 8.01. The van der Waals surface area contributed by atoms with Gasteiger partial charge in [0.05, 0.1) is 31.1 Å². The van der Waals surface area contributed by atoms with Crippen molar-refractivity contribution in [3.8, 4) is 5.88 Å². The number of ether oxygens (including phenoxy) is 1. The maximum absolute atomic E-state index is 11.9. The van der Waals surface area contributed by atoms with E-state index in [2.05, 4.69) is 9.97 Å². The maximum Gasteiger partial charge on any atom is 0.392 e. The Kier molecular flexibility index (Phi) is 3.95. The zero-order chi connectivity index (χ0) is 13.1. The fourth-order valence-corrected chi connectivity index (χ4v) is 1.05. The molecule has 0 fully saturated rings. The van der Waals surface area contributed by atoms with Crippen molar-refractivity contribution < 1.29 is 17.9 Å². The fourth-order valence-electron chi connectivity index (χ4n) is 1.05. The summed E-state index contributed by atoms with van der Waals surface area (Å²) in [5.74, 6) is 0.113. The second kappa shape index (κ2) is 4.89. The quantitative estimate of drug-likeness (QED) is 0.824. The number of nitrogens with zero attached hydrogens (tertiary/aromatic N) is 2. The highest BCUT2D eigenvalue weighted by molar-refractivity contribution is 5.13. The summed E-state index contributed by atoms with van der Waals surface area (Å²) in [7, 11) is 0. The molecule has 0 aromatic carbocycles. The largest absolute Gasteiger partial charge is 0.476 e. The van der Waals surface area contributed by atoms with Crippen molar-refractivity contribution in [1.29, 1.82) is 0 Å². The molecule has 0 aliphatic rings. The monoisotopic (exact) mass is 248 g/mol. The zero-order valence-corrected chi connectivity index (χ0v) is 10.0. The average molecular weight is 248 g/mol. The third-order valence-electron chi connectivity index (χ3n) is 2.03. The molecular formula is C11H15F3N2O. The van der Waals surface area contributed by atoms with Crippen LogP contribution in [0.1, 0.15) is 32.9 Å². The van der Waals surface area contributed by atoms with Crippen LogP contribution in [0.15, 0.2) is 12.4 Å². The van der Waals surface area contributed by atoms with Crippen LogP contribution in [-0.4, -0.2) is 22.8 Å². The normalized spacial score (nSPS) is 12.6.